The Morgan fingerprint density at radius 1 is 1.38 bits per heavy atom. The van der Waals surface area contributed by atoms with Gasteiger partial charge in [0.25, 0.3) is 0 Å². The third kappa shape index (κ3) is 3.24. The minimum atomic E-state index is -0.370. The Balaban J connectivity index is 2.69. The number of halogens is 1. The molecule has 0 aliphatic rings. The number of hydrogen-bond acceptors (Lipinski definition) is 3. The summed E-state index contributed by atoms with van der Waals surface area (Å²) in [7, 11) is 1.49. The zero-order valence-electron chi connectivity index (χ0n) is 8.83. The number of rotatable bonds is 5. The number of Topliss-reactive ketones (excluding diaryl/α,β-unsaturated/α-hetero) is 1. The fourth-order valence-corrected chi connectivity index (χ4v) is 1.29. The Labute approximate surface area is 98.5 Å². The number of carbonyl (C=O) groups is 2. The monoisotopic (exact) mass is 241 g/mol. The number of methoxy groups -OCH3 is 1. The summed E-state index contributed by atoms with van der Waals surface area (Å²) in [6.07, 6.45) is 0. The molecule has 1 amide bonds. The molecule has 0 unspecified atom stereocenters. The Hall–Kier alpha value is -1.55. The smallest absolute Gasteiger partial charge is 0.235 e. The zero-order valence-corrected chi connectivity index (χ0v) is 9.58. The molecule has 0 spiro atoms. The molecule has 0 aliphatic carbocycles. The first-order chi connectivity index (χ1) is 7.69. The third-order valence-electron chi connectivity index (χ3n) is 1.97. The molecule has 0 atom stereocenters. The highest BCUT2D eigenvalue weighted by Gasteiger charge is 2.11. The van der Waals surface area contributed by atoms with Gasteiger partial charge in [0.05, 0.1) is 19.2 Å². The molecule has 1 rings (SSSR count). The number of alkyl halides is 1. The van der Waals surface area contributed by atoms with Crippen LogP contribution >= 0.6 is 11.6 Å². The van der Waals surface area contributed by atoms with Crippen LogP contribution in [0, 0.1) is 0 Å². The second kappa shape index (κ2) is 6.12. The maximum Gasteiger partial charge on any atom is 0.235 e. The number of amides is 1. The van der Waals surface area contributed by atoms with Crippen LogP contribution in [-0.4, -0.2) is 31.2 Å². The summed E-state index contributed by atoms with van der Waals surface area (Å²) in [5.74, 6) is -0.243. The van der Waals surface area contributed by atoms with Gasteiger partial charge in [-0.15, -0.1) is 11.6 Å². The van der Waals surface area contributed by atoms with Crippen LogP contribution in [0.15, 0.2) is 24.3 Å². The van der Waals surface area contributed by atoms with E-state index in [-0.39, 0.29) is 24.1 Å². The molecule has 4 nitrogen and oxygen atoms in total. The highest BCUT2D eigenvalue weighted by Crippen LogP contribution is 2.17. The van der Waals surface area contributed by atoms with Crippen LogP contribution in [0.3, 0.4) is 0 Å². The first-order valence-electron chi connectivity index (χ1n) is 4.68. The number of nitrogens with one attached hydrogen (secondary N) is 1. The predicted octanol–water partition coefficient (Wildman–Crippen LogP) is 1.23. The summed E-state index contributed by atoms with van der Waals surface area (Å²) >= 11 is 5.29. The molecule has 0 heterocycles. The van der Waals surface area contributed by atoms with Gasteiger partial charge >= 0.3 is 0 Å². The van der Waals surface area contributed by atoms with Crippen molar-refractivity contribution in [1.82, 2.24) is 5.32 Å². The molecule has 0 saturated heterocycles. The molecule has 1 N–H and O–H groups in total. The van der Waals surface area contributed by atoms with Gasteiger partial charge in [-0.2, -0.15) is 0 Å². The maximum atomic E-state index is 11.7. The second-order valence-corrected chi connectivity index (χ2v) is 3.30. The van der Waals surface area contributed by atoms with Gasteiger partial charge in [0.2, 0.25) is 5.91 Å². The predicted molar refractivity (Wildman–Crippen MR) is 61.1 cm³/mol. The van der Waals surface area contributed by atoms with Crippen molar-refractivity contribution < 1.29 is 14.3 Å². The fourth-order valence-electron chi connectivity index (χ4n) is 1.20. The number of benzene rings is 1. The molecule has 5 heteroatoms. The van der Waals surface area contributed by atoms with Crippen molar-refractivity contribution >= 4 is 23.3 Å². The molecule has 0 aliphatic heterocycles. The highest BCUT2D eigenvalue weighted by atomic mass is 35.5. The minimum absolute atomic E-state index is 0.0775. The van der Waals surface area contributed by atoms with Crippen molar-refractivity contribution in [3.63, 3.8) is 0 Å². The Morgan fingerprint density at radius 3 is 2.69 bits per heavy atom. The van der Waals surface area contributed by atoms with Crippen molar-refractivity contribution in [1.29, 1.82) is 0 Å². The lowest BCUT2D eigenvalue weighted by atomic mass is 10.1. The van der Waals surface area contributed by atoms with Crippen LogP contribution in [0.2, 0.25) is 0 Å². The SMILES string of the molecule is COc1ccccc1C(=O)CNC(=O)CCl. The standard InChI is InChI=1S/C11H12ClNO3/c1-16-10-5-3-2-4-8(10)9(14)7-13-11(15)6-12/h2-5H,6-7H2,1H3,(H,13,15). The van der Waals surface area contributed by atoms with Crippen molar-refractivity contribution in [2.45, 2.75) is 0 Å². The van der Waals surface area contributed by atoms with E-state index in [0.717, 1.165) is 0 Å². The summed E-state index contributed by atoms with van der Waals surface area (Å²) in [5.41, 5.74) is 0.444. The van der Waals surface area contributed by atoms with Crippen LogP contribution in [0.5, 0.6) is 5.75 Å². The van der Waals surface area contributed by atoms with E-state index in [0.29, 0.717) is 11.3 Å². The van der Waals surface area contributed by atoms with Crippen LogP contribution in [0.1, 0.15) is 10.4 Å². The van der Waals surface area contributed by atoms with Crippen LogP contribution in [0.25, 0.3) is 0 Å². The molecule has 1 aromatic rings. The average Bonchev–Trinajstić information content (AvgIpc) is 2.35. The lowest BCUT2D eigenvalue weighted by molar-refractivity contribution is -0.118. The number of ether oxygens (including phenoxy) is 1. The Morgan fingerprint density at radius 2 is 2.06 bits per heavy atom. The molecular weight excluding hydrogens is 230 g/mol. The fraction of sp³-hybridized carbons (Fsp3) is 0.273. The number of para-hydroxylation sites is 1. The molecule has 0 radical (unpaired) electrons. The van der Waals surface area contributed by atoms with Gasteiger partial charge in [0.15, 0.2) is 5.78 Å². The summed E-state index contributed by atoms with van der Waals surface area (Å²) in [6, 6.07) is 6.84. The normalized spacial score (nSPS) is 9.62. The lowest BCUT2D eigenvalue weighted by Crippen LogP contribution is -2.30. The van der Waals surface area contributed by atoms with Gasteiger partial charge in [0.1, 0.15) is 11.6 Å². The van der Waals surface area contributed by atoms with E-state index in [2.05, 4.69) is 5.32 Å². The Bertz CT molecular complexity index is 393. The Kier molecular flexibility index (Phi) is 4.79. The first kappa shape index (κ1) is 12.5. The first-order valence-corrected chi connectivity index (χ1v) is 5.21. The van der Waals surface area contributed by atoms with Gasteiger partial charge in [0, 0.05) is 0 Å². The van der Waals surface area contributed by atoms with E-state index < -0.39 is 0 Å². The summed E-state index contributed by atoms with van der Waals surface area (Å²) in [5, 5.41) is 2.41. The maximum absolute atomic E-state index is 11.7. The van der Waals surface area contributed by atoms with E-state index in [1.165, 1.54) is 7.11 Å². The molecule has 16 heavy (non-hydrogen) atoms. The summed E-state index contributed by atoms with van der Waals surface area (Å²) in [4.78, 5) is 22.6. The van der Waals surface area contributed by atoms with E-state index >= 15 is 0 Å². The second-order valence-electron chi connectivity index (χ2n) is 3.03. The van der Waals surface area contributed by atoms with Gasteiger partial charge in [-0.05, 0) is 12.1 Å². The molecule has 0 aromatic heterocycles. The quantitative estimate of drug-likeness (QED) is 0.623. The molecule has 0 saturated carbocycles. The molecular formula is C11H12ClNO3. The van der Waals surface area contributed by atoms with Gasteiger partial charge < -0.3 is 10.1 Å². The number of hydrogen-bond donors (Lipinski definition) is 1. The summed E-state index contributed by atoms with van der Waals surface area (Å²) in [6.45, 7) is -0.0775. The van der Waals surface area contributed by atoms with E-state index in [9.17, 15) is 9.59 Å². The van der Waals surface area contributed by atoms with Crippen LogP contribution in [0.4, 0.5) is 0 Å². The van der Waals surface area contributed by atoms with Crippen LogP contribution in [-0.2, 0) is 4.79 Å². The average molecular weight is 242 g/mol. The molecule has 1 aromatic carbocycles. The lowest BCUT2D eigenvalue weighted by Gasteiger charge is -2.07. The third-order valence-corrected chi connectivity index (χ3v) is 2.22. The van der Waals surface area contributed by atoms with Crippen molar-refractivity contribution in [2.75, 3.05) is 19.5 Å². The summed E-state index contributed by atoms with van der Waals surface area (Å²) < 4.78 is 5.04. The van der Waals surface area contributed by atoms with E-state index in [4.69, 9.17) is 16.3 Å². The van der Waals surface area contributed by atoms with E-state index in [1.54, 1.807) is 24.3 Å². The molecule has 0 fully saturated rings. The topological polar surface area (TPSA) is 55.4 Å². The van der Waals surface area contributed by atoms with Gasteiger partial charge in [-0.3, -0.25) is 9.59 Å². The van der Waals surface area contributed by atoms with Crippen molar-refractivity contribution in [3.05, 3.63) is 29.8 Å². The zero-order chi connectivity index (χ0) is 12.0. The van der Waals surface area contributed by atoms with Crippen molar-refractivity contribution in [3.8, 4) is 5.75 Å². The largest absolute Gasteiger partial charge is 0.496 e. The molecule has 86 valence electrons. The number of ketones is 1. The highest BCUT2D eigenvalue weighted by molar-refractivity contribution is 6.27. The number of carbonyl (C=O) groups excluding carboxylic acids is 2. The van der Waals surface area contributed by atoms with Gasteiger partial charge in [-0.25, -0.2) is 0 Å². The van der Waals surface area contributed by atoms with Gasteiger partial charge in [-0.1, -0.05) is 12.1 Å². The van der Waals surface area contributed by atoms with Crippen LogP contribution < -0.4 is 10.1 Å². The minimum Gasteiger partial charge on any atom is -0.496 e. The molecule has 0 bridgehead atoms. The van der Waals surface area contributed by atoms with E-state index in [1.807, 2.05) is 0 Å². The van der Waals surface area contributed by atoms with Crippen molar-refractivity contribution in [2.24, 2.45) is 0 Å².